The van der Waals surface area contributed by atoms with E-state index in [9.17, 15) is 4.79 Å². The Bertz CT molecular complexity index is 1180. The Morgan fingerprint density at radius 3 is 2.59 bits per heavy atom. The van der Waals surface area contributed by atoms with Gasteiger partial charge in [0.25, 0.3) is 0 Å². The lowest BCUT2D eigenvalue weighted by atomic mass is 10.1. The minimum absolute atomic E-state index is 0.0924. The van der Waals surface area contributed by atoms with E-state index in [1.54, 1.807) is 12.1 Å². The maximum atomic E-state index is 12.4. The first-order valence-electron chi connectivity index (χ1n) is 9.00. The maximum Gasteiger partial charge on any atom is 0.326 e. The first kappa shape index (κ1) is 19.9. The number of carbonyl (C=O) groups excluding carboxylic acids is 1. The molecule has 0 fully saturated rings. The van der Waals surface area contributed by atoms with E-state index in [0.29, 0.717) is 5.69 Å². The molecule has 0 aliphatic carbocycles. The molecular formula is C21H22N6O2. The van der Waals surface area contributed by atoms with Gasteiger partial charge in [-0.15, -0.1) is 0 Å². The minimum atomic E-state index is -0.555. The Labute approximate surface area is 168 Å². The van der Waals surface area contributed by atoms with E-state index in [4.69, 9.17) is 21.1 Å². The molecule has 8 heteroatoms. The Morgan fingerprint density at radius 1 is 1.24 bits per heavy atom. The van der Waals surface area contributed by atoms with E-state index in [1.807, 2.05) is 61.7 Å². The van der Waals surface area contributed by atoms with Gasteiger partial charge in [-0.05, 0) is 45.0 Å². The third-order valence-electron chi connectivity index (χ3n) is 4.14. The van der Waals surface area contributed by atoms with Crippen LogP contribution in [0, 0.1) is 16.7 Å². The van der Waals surface area contributed by atoms with Crippen molar-refractivity contribution < 1.29 is 9.53 Å². The molecule has 4 N–H and O–H groups in total. The van der Waals surface area contributed by atoms with Crippen molar-refractivity contribution in [3.05, 3.63) is 42.5 Å². The standard InChI is InChI=1S/C21H22N6O2/c1-21(2,3)29-19(28)12-27-17-7-5-4-6-14(17)15-10-13(8-9-18(15)27)25-26-16(11-22)20(23)24/h4-10,25H,12H2,1-3H3,(H3,23,24)/b26-16+. The highest BCUT2D eigenvalue weighted by molar-refractivity contribution is 6.45. The summed E-state index contributed by atoms with van der Waals surface area (Å²) in [6.07, 6.45) is 0. The first-order valence-corrected chi connectivity index (χ1v) is 9.00. The molecule has 8 nitrogen and oxygen atoms in total. The Hall–Kier alpha value is -3.86. The molecule has 3 aromatic rings. The predicted octanol–water partition coefficient (Wildman–Crippen LogP) is 3.36. The van der Waals surface area contributed by atoms with E-state index in [0.717, 1.165) is 21.8 Å². The van der Waals surface area contributed by atoms with E-state index >= 15 is 0 Å². The lowest BCUT2D eigenvalue weighted by Crippen LogP contribution is -2.26. The molecule has 0 saturated heterocycles. The number of fused-ring (bicyclic) bond motifs is 3. The van der Waals surface area contributed by atoms with Crippen LogP contribution in [0.25, 0.3) is 21.8 Å². The Kier molecular flexibility index (Phi) is 5.24. The molecule has 0 unspecified atom stereocenters. The van der Waals surface area contributed by atoms with Gasteiger partial charge in [0.15, 0.2) is 5.84 Å². The quantitative estimate of drug-likeness (QED) is 0.266. The summed E-state index contributed by atoms with van der Waals surface area (Å²) in [5.41, 5.74) is 9.74. The van der Waals surface area contributed by atoms with Gasteiger partial charge in [0.2, 0.25) is 5.71 Å². The summed E-state index contributed by atoms with van der Waals surface area (Å²) in [5, 5.41) is 22.1. The molecule has 148 valence electrons. The number of hydrazone groups is 1. The highest BCUT2D eigenvalue weighted by Crippen LogP contribution is 2.31. The summed E-state index contributed by atoms with van der Waals surface area (Å²) in [6, 6.07) is 15.1. The van der Waals surface area contributed by atoms with Gasteiger partial charge in [0.1, 0.15) is 18.2 Å². The number of anilines is 1. The van der Waals surface area contributed by atoms with E-state index in [2.05, 4.69) is 10.5 Å². The first-order chi connectivity index (χ1) is 13.7. The lowest BCUT2D eigenvalue weighted by Gasteiger charge is -2.20. The number of para-hydroxylation sites is 1. The van der Waals surface area contributed by atoms with Gasteiger partial charge in [0.05, 0.1) is 5.69 Å². The van der Waals surface area contributed by atoms with Crippen LogP contribution in [-0.4, -0.2) is 27.7 Å². The number of rotatable bonds is 5. The van der Waals surface area contributed by atoms with Crippen molar-refractivity contribution in [2.75, 3.05) is 5.43 Å². The van der Waals surface area contributed by atoms with Crippen LogP contribution < -0.4 is 11.2 Å². The highest BCUT2D eigenvalue weighted by Gasteiger charge is 2.19. The second kappa shape index (κ2) is 7.64. The zero-order valence-electron chi connectivity index (χ0n) is 16.5. The summed E-state index contributed by atoms with van der Waals surface area (Å²) in [5.74, 6) is -0.720. The number of nitrogens with zero attached hydrogens (tertiary/aromatic N) is 3. The third-order valence-corrected chi connectivity index (χ3v) is 4.14. The number of nitriles is 1. The number of amidine groups is 1. The molecule has 0 aliphatic rings. The van der Waals surface area contributed by atoms with Crippen molar-refractivity contribution in [3.63, 3.8) is 0 Å². The van der Waals surface area contributed by atoms with Crippen molar-refractivity contribution in [1.82, 2.24) is 4.57 Å². The fourth-order valence-electron chi connectivity index (χ4n) is 3.06. The van der Waals surface area contributed by atoms with Gasteiger partial charge in [-0.2, -0.15) is 10.4 Å². The van der Waals surface area contributed by atoms with Crippen molar-refractivity contribution in [2.24, 2.45) is 10.8 Å². The van der Waals surface area contributed by atoms with Crippen LogP contribution in [0.5, 0.6) is 0 Å². The molecule has 1 aromatic heterocycles. The third kappa shape index (κ3) is 4.35. The van der Waals surface area contributed by atoms with Gasteiger partial charge < -0.3 is 15.0 Å². The average Bonchev–Trinajstić information content (AvgIpc) is 2.94. The molecule has 0 aliphatic heterocycles. The second-order valence-corrected chi connectivity index (χ2v) is 7.52. The maximum absolute atomic E-state index is 12.4. The number of aromatic nitrogens is 1. The number of nitrogens with two attached hydrogens (primary N) is 1. The minimum Gasteiger partial charge on any atom is -0.459 e. The molecule has 0 radical (unpaired) electrons. The Balaban J connectivity index is 2.04. The van der Waals surface area contributed by atoms with Gasteiger partial charge >= 0.3 is 5.97 Å². The topological polar surface area (TPSA) is 129 Å². The number of benzene rings is 2. The van der Waals surface area contributed by atoms with Crippen molar-refractivity contribution in [2.45, 2.75) is 32.9 Å². The molecule has 0 atom stereocenters. The number of esters is 1. The molecule has 1 heterocycles. The zero-order chi connectivity index (χ0) is 21.2. The van der Waals surface area contributed by atoms with Gasteiger partial charge in [-0.25, -0.2) is 0 Å². The predicted molar refractivity (Wildman–Crippen MR) is 114 cm³/mol. The summed E-state index contributed by atoms with van der Waals surface area (Å²) < 4.78 is 7.40. The number of carbonyl (C=O) groups is 1. The molecular weight excluding hydrogens is 368 g/mol. The van der Waals surface area contributed by atoms with E-state index in [1.165, 1.54) is 0 Å². The molecule has 29 heavy (non-hydrogen) atoms. The van der Waals surface area contributed by atoms with Crippen LogP contribution in [0.4, 0.5) is 5.69 Å². The van der Waals surface area contributed by atoms with Crippen LogP contribution in [0.1, 0.15) is 20.8 Å². The van der Waals surface area contributed by atoms with E-state index < -0.39 is 11.4 Å². The Morgan fingerprint density at radius 2 is 1.93 bits per heavy atom. The largest absolute Gasteiger partial charge is 0.459 e. The summed E-state index contributed by atoms with van der Waals surface area (Å²) in [4.78, 5) is 12.4. The summed E-state index contributed by atoms with van der Waals surface area (Å²) >= 11 is 0. The van der Waals surface area contributed by atoms with Crippen LogP contribution in [0.15, 0.2) is 47.6 Å². The van der Waals surface area contributed by atoms with Crippen LogP contribution in [0.3, 0.4) is 0 Å². The summed E-state index contributed by atoms with van der Waals surface area (Å²) in [6.45, 7) is 5.61. The van der Waals surface area contributed by atoms with Crippen molar-refractivity contribution >= 4 is 45.0 Å². The fraction of sp³-hybridized carbons (Fsp3) is 0.238. The van der Waals surface area contributed by atoms with Gasteiger partial charge in [-0.3, -0.25) is 15.6 Å². The monoisotopic (exact) mass is 390 g/mol. The smallest absolute Gasteiger partial charge is 0.326 e. The SMILES string of the molecule is CC(C)(C)OC(=O)Cn1c2ccccc2c2cc(N/N=C(\C#N)C(=N)N)ccc21. The van der Waals surface area contributed by atoms with Gasteiger partial charge in [-0.1, -0.05) is 18.2 Å². The number of nitrogens with one attached hydrogen (secondary N) is 2. The fourth-order valence-corrected chi connectivity index (χ4v) is 3.06. The van der Waals surface area contributed by atoms with Crippen LogP contribution in [-0.2, 0) is 16.1 Å². The van der Waals surface area contributed by atoms with Gasteiger partial charge in [0, 0.05) is 21.8 Å². The number of ether oxygens (including phenoxy) is 1. The lowest BCUT2D eigenvalue weighted by molar-refractivity contribution is -0.155. The molecule has 0 bridgehead atoms. The molecule has 2 aromatic carbocycles. The van der Waals surface area contributed by atoms with Crippen molar-refractivity contribution in [1.29, 1.82) is 10.7 Å². The molecule has 3 rings (SSSR count). The average molecular weight is 390 g/mol. The number of hydrogen-bond donors (Lipinski definition) is 3. The van der Waals surface area contributed by atoms with Crippen LogP contribution >= 0.6 is 0 Å². The molecule has 0 spiro atoms. The van der Waals surface area contributed by atoms with Crippen molar-refractivity contribution in [3.8, 4) is 6.07 Å². The molecule has 0 amide bonds. The normalized spacial score (nSPS) is 12.0. The number of hydrogen-bond acceptors (Lipinski definition) is 6. The second-order valence-electron chi connectivity index (χ2n) is 7.52. The summed E-state index contributed by atoms with van der Waals surface area (Å²) in [7, 11) is 0. The van der Waals surface area contributed by atoms with Crippen LogP contribution in [0.2, 0.25) is 0 Å². The zero-order valence-corrected chi connectivity index (χ0v) is 16.5. The van der Waals surface area contributed by atoms with E-state index in [-0.39, 0.29) is 18.2 Å². The highest BCUT2D eigenvalue weighted by atomic mass is 16.6. The molecule has 0 saturated carbocycles.